The molecule has 0 unspecified atom stereocenters. The predicted octanol–water partition coefficient (Wildman–Crippen LogP) is -1.97. The third kappa shape index (κ3) is 11.2. The molecule has 0 heterocycles. The molecule has 63 valence electrons. The first kappa shape index (κ1) is 13.0. The summed E-state index contributed by atoms with van der Waals surface area (Å²) in [5, 5.41) is -1.88. The Labute approximate surface area is 68.3 Å². The Bertz CT molecular complexity index is 241. The van der Waals surface area contributed by atoms with Gasteiger partial charge < -0.3 is 9.11 Å². The van der Waals surface area contributed by atoms with Gasteiger partial charge in [-0.15, -0.1) is 0 Å². The average molecular weight is 233 g/mol. The summed E-state index contributed by atoms with van der Waals surface area (Å²) in [7, 11) is -9.86. The minimum Gasteiger partial charge on any atom is -0.747 e. The number of hydrogen-bond donors (Lipinski definition) is 0. The van der Waals surface area contributed by atoms with Gasteiger partial charge in [0.2, 0.25) is 0 Å². The van der Waals surface area contributed by atoms with E-state index in [2.05, 4.69) is 0 Å². The maximum Gasteiger partial charge on any atom is 2.00 e. The van der Waals surface area contributed by atoms with Crippen LogP contribution in [0.3, 0.4) is 0 Å². The molecule has 0 aliphatic heterocycles. The molecule has 0 fully saturated rings. The minimum atomic E-state index is -4.93. The summed E-state index contributed by atoms with van der Waals surface area (Å²) in [4.78, 5) is 0. The fourth-order valence-corrected chi connectivity index (χ4v) is 1.59. The van der Waals surface area contributed by atoms with E-state index in [-0.39, 0.29) is 16.8 Å². The van der Waals surface area contributed by atoms with E-state index in [9.17, 15) is 25.9 Å². The largest absolute Gasteiger partial charge is 2.00 e. The standard InChI is InChI=1S/CH4O6S2.Co/c2-8(3,4)1-9(5,6)7;/h1H2,(H,2,3,4)(H,5,6,7);/q;+2/p-2. The van der Waals surface area contributed by atoms with Crippen molar-refractivity contribution in [1.29, 1.82) is 0 Å². The molecule has 0 aromatic carbocycles. The van der Waals surface area contributed by atoms with Crippen molar-refractivity contribution < 1.29 is 42.7 Å². The molecule has 0 rings (SSSR count). The smallest absolute Gasteiger partial charge is 0.747 e. The van der Waals surface area contributed by atoms with Crippen LogP contribution in [0.4, 0.5) is 0 Å². The van der Waals surface area contributed by atoms with Gasteiger partial charge in [-0.1, -0.05) is 0 Å². The van der Waals surface area contributed by atoms with Crippen LogP contribution in [0.25, 0.3) is 0 Å². The van der Waals surface area contributed by atoms with Gasteiger partial charge in [-0.25, -0.2) is 16.8 Å². The molecule has 0 atom stereocenters. The Morgan fingerprint density at radius 3 is 1.10 bits per heavy atom. The van der Waals surface area contributed by atoms with Crippen molar-refractivity contribution >= 4 is 20.2 Å². The Morgan fingerprint density at radius 1 is 0.900 bits per heavy atom. The molecule has 0 spiro atoms. The molecule has 0 N–H and O–H groups in total. The van der Waals surface area contributed by atoms with E-state index >= 15 is 0 Å². The Balaban J connectivity index is 0. The van der Waals surface area contributed by atoms with Crippen LogP contribution in [0.1, 0.15) is 0 Å². The van der Waals surface area contributed by atoms with E-state index in [1.807, 2.05) is 0 Å². The van der Waals surface area contributed by atoms with E-state index in [1.54, 1.807) is 0 Å². The van der Waals surface area contributed by atoms with E-state index in [0.717, 1.165) is 0 Å². The van der Waals surface area contributed by atoms with Crippen molar-refractivity contribution in [3.05, 3.63) is 0 Å². The van der Waals surface area contributed by atoms with Crippen LogP contribution in [0.15, 0.2) is 0 Å². The van der Waals surface area contributed by atoms with Gasteiger partial charge in [0, 0.05) is 0 Å². The zero-order valence-corrected chi connectivity index (χ0v) is 6.98. The molecule has 0 bridgehead atoms. The predicted molar refractivity (Wildman–Crippen MR) is 24.3 cm³/mol. The van der Waals surface area contributed by atoms with Gasteiger partial charge in [-0.3, -0.25) is 0 Å². The second-order valence-electron chi connectivity index (χ2n) is 1.23. The van der Waals surface area contributed by atoms with Gasteiger partial charge in [0.1, 0.15) is 25.3 Å². The zero-order chi connectivity index (χ0) is 7.71. The molecule has 1 radical (unpaired) electrons. The summed E-state index contributed by atoms with van der Waals surface area (Å²) < 4.78 is 57.1. The second-order valence-corrected chi connectivity index (χ2v) is 4.41. The van der Waals surface area contributed by atoms with E-state index in [0.29, 0.717) is 0 Å². The molecule has 0 aromatic rings. The van der Waals surface area contributed by atoms with Crippen molar-refractivity contribution in [2.45, 2.75) is 0 Å². The van der Waals surface area contributed by atoms with Crippen molar-refractivity contribution in [3.8, 4) is 0 Å². The van der Waals surface area contributed by atoms with Gasteiger partial charge in [0.25, 0.3) is 0 Å². The second kappa shape index (κ2) is 3.64. The molecular weight excluding hydrogens is 231 g/mol. The van der Waals surface area contributed by atoms with Gasteiger partial charge in [0.05, 0.1) is 0 Å². The van der Waals surface area contributed by atoms with Crippen LogP contribution >= 0.6 is 0 Å². The minimum absolute atomic E-state index is 0. The molecule has 9 heteroatoms. The number of hydrogen-bond acceptors (Lipinski definition) is 6. The van der Waals surface area contributed by atoms with Gasteiger partial charge in [-0.2, -0.15) is 0 Å². The van der Waals surface area contributed by atoms with Crippen LogP contribution < -0.4 is 0 Å². The van der Waals surface area contributed by atoms with Gasteiger partial charge >= 0.3 is 16.8 Å². The van der Waals surface area contributed by atoms with Crippen molar-refractivity contribution in [2.24, 2.45) is 0 Å². The molecular formula is CH2CoO6S2. The molecule has 0 saturated heterocycles. The van der Waals surface area contributed by atoms with Crippen LogP contribution in [-0.4, -0.2) is 31.0 Å². The fourth-order valence-electron chi connectivity index (χ4n) is 0.177. The summed E-state index contributed by atoms with van der Waals surface area (Å²) in [5.74, 6) is 0. The fraction of sp³-hybridized carbons (Fsp3) is 1.00. The molecule has 0 aliphatic carbocycles. The van der Waals surface area contributed by atoms with Crippen LogP contribution in [0, 0.1) is 0 Å². The Morgan fingerprint density at radius 2 is 1.10 bits per heavy atom. The molecule has 0 saturated carbocycles. The maximum absolute atomic E-state index is 9.51. The third-order valence-corrected chi connectivity index (χ3v) is 2.60. The first-order chi connectivity index (χ1) is 3.71. The van der Waals surface area contributed by atoms with E-state index < -0.39 is 25.3 Å². The normalized spacial score (nSPS) is 12.2. The topological polar surface area (TPSA) is 114 Å². The molecule has 0 aliphatic rings. The Kier molecular flexibility index (Phi) is 4.72. The molecule has 0 amide bonds. The summed E-state index contributed by atoms with van der Waals surface area (Å²) in [6.07, 6.45) is 0. The first-order valence-corrected chi connectivity index (χ1v) is 4.73. The Hall–Kier alpha value is 0.326. The number of rotatable bonds is 2. The summed E-state index contributed by atoms with van der Waals surface area (Å²) in [6, 6.07) is 0. The SMILES string of the molecule is O=S(=O)([O-])CS(=O)(=O)[O-].[Co+2]. The summed E-state index contributed by atoms with van der Waals surface area (Å²) >= 11 is 0. The van der Waals surface area contributed by atoms with Crippen LogP contribution in [0.5, 0.6) is 0 Å². The van der Waals surface area contributed by atoms with E-state index in [4.69, 9.17) is 0 Å². The average Bonchev–Trinajstić information content (AvgIpc) is 1.14. The molecule has 6 nitrogen and oxygen atoms in total. The van der Waals surface area contributed by atoms with Crippen molar-refractivity contribution in [2.75, 3.05) is 5.08 Å². The van der Waals surface area contributed by atoms with E-state index in [1.165, 1.54) is 0 Å². The maximum atomic E-state index is 9.51. The van der Waals surface area contributed by atoms with Crippen LogP contribution in [0.2, 0.25) is 0 Å². The monoisotopic (exact) mass is 233 g/mol. The zero-order valence-electron chi connectivity index (χ0n) is 4.31. The van der Waals surface area contributed by atoms with Gasteiger partial charge in [0.15, 0.2) is 0 Å². The van der Waals surface area contributed by atoms with Gasteiger partial charge in [-0.05, 0) is 0 Å². The first-order valence-electron chi connectivity index (χ1n) is 1.58. The summed E-state index contributed by atoms with van der Waals surface area (Å²) in [5.41, 5.74) is 0. The van der Waals surface area contributed by atoms with Crippen LogP contribution in [-0.2, 0) is 37.0 Å². The van der Waals surface area contributed by atoms with Crippen molar-refractivity contribution in [3.63, 3.8) is 0 Å². The summed E-state index contributed by atoms with van der Waals surface area (Å²) in [6.45, 7) is 0. The third-order valence-electron chi connectivity index (χ3n) is 0.289. The molecule has 10 heavy (non-hydrogen) atoms. The van der Waals surface area contributed by atoms with Crippen molar-refractivity contribution in [1.82, 2.24) is 0 Å². The quantitative estimate of drug-likeness (QED) is 0.511. The molecule has 0 aromatic heterocycles.